The van der Waals surface area contributed by atoms with E-state index in [1.807, 2.05) is 13.0 Å². The number of ether oxygens (including phenoxy) is 4. The fourth-order valence-corrected chi connectivity index (χ4v) is 4.94. The number of allylic oxidation sites excluding steroid dienone is 1. The maximum atomic E-state index is 13.2. The molecule has 42 heavy (non-hydrogen) atoms. The van der Waals surface area contributed by atoms with E-state index in [-0.39, 0.29) is 29.4 Å². The lowest BCUT2D eigenvalue weighted by Crippen LogP contribution is -2.21. The van der Waals surface area contributed by atoms with Crippen LogP contribution < -0.4 is 24.7 Å². The first-order valence-corrected chi connectivity index (χ1v) is 13.6. The molecule has 212 valence electrons. The third-order valence-corrected chi connectivity index (χ3v) is 7.07. The smallest absolute Gasteiger partial charge is 0.343 e. The average molecular weight is 605 g/mol. The zero-order valence-corrected chi connectivity index (χ0v) is 23.7. The van der Waals surface area contributed by atoms with Gasteiger partial charge in [-0.15, -0.1) is 0 Å². The fraction of sp³-hybridized carbons (Fsp3) is 0.125. The largest absolute Gasteiger partial charge is 0.490 e. The molecule has 0 aromatic heterocycles. The van der Waals surface area contributed by atoms with Crippen molar-refractivity contribution in [3.63, 3.8) is 0 Å². The van der Waals surface area contributed by atoms with E-state index < -0.39 is 17.7 Å². The highest BCUT2D eigenvalue weighted by Gasteiger charge is 2.32. The number of rotatable bonds is 8. The van der Waals surface area contributed by atoms with Gasteiger partial charge in [0.2, 0.25) is 5.88 Å². The summed E-state index contributed by atoms with van der Waals surface area (Å²) in [5.41, 5.74) is 8.65. The van der Waals surface area contributed by atoms with Gasteiger partial charge in [0.05, 0.1) is 18.1 Å². The Balaban J connectivity index is 1.44. The summed E-state index contributed by atoms with van der Waals surface area (Å²) in [4.78, 5) is 12.5. The van der Waals surface area contributed by atoms with E-state index in [9.17, 15) is 14.4 Å². The van der Waals surface area contributed by atoms with Crippen LogP contribution in [0.5, 0.6) is 23.0 Å². The van der Waals surface area contributed by atoms with Crippen LogP contribution in [0.2, 0.25) is 10.0 Å². The molecule has 7 nitrogen and oxygen atoms in total. The van der Waals surface area contributed by atoms with Gasteiger partial charge in [-0.25, -0.2) is 9.18 Å². The van der Waals surface area contributed by atoms with Crippen LogP contribution in [0.3, 0.4) is 0 Å². The Kier molecular flexibility index (Phi) is 8.53. The van der Waals surface area contributed by atoms with Crippen molar-refractivity contribution < 1.29 is 28.1 Å². The van der Waals surface area contributed by atoms with Gasteiger partial charge in [-0.05, 0) is 67.1 Å². The number of benzene rings is 4. The second-order valence-electron chi connectivity index (χ2n) is 9.18. The van der Waals surface area contributed by atoms with E-state index in [1.165, 1.54) is 30.3 Å². The van der Waals surface area contributed by atoms with Crippen molar-refractivity contribution >= 4 is 29.2 Å². The third kappa shape index (κ3) is 6.13. The maximum absolute atomic E-state index is 13.2. The molecule has 1 unspecified atom stereocenters. The molecule has 0 amide bonds. The van der Waals surface area contributed by atoms with E-state index in [0.717, 1.165) is 5.56 Å². The highest BCUT2D eigenvalue weighted by Crippen LogP contribution is 2.45. The Hall–Kier alpha value is -4.71. The summed E-state index contributed by atoms with van der Waals surface area (Å²) in [5, 5.41) is 11.0. The van der Waals surface area contributed by atoms with Gasteiger partial charge in [0.1, 0.15) is 35.6 Å². The van der Waals surface area contributed by atoms with Crippen LogP contribution in [0.1, 0.15) is 39.9 Å². The Bertz CT molecular complexity index is 1730. The molecular weight excluding hydrogens is 582 g/mol. The Morgan fingerprint density at radius 3 is 2.50 bits per heavy atom. The SMILES string of the molecule is CCOc1cc(C2C(C#N)=C(N)Oc3cc(OC(=O)c4ccc(F)cc4)ccc32)ccc1OCc1ccc(Cl)cc1Cl. The summed E-state index contributed by atoms with van der Waals surface area (Å²) in [7, 11) is 0. The molecule has 1 aliphatic rings. The highest BCUT2D eigenvalue weighted by atomic mass is 35.5. The first-order chi connectivity index (χ1) is 20.3. The standard InChI is InChI=1S/C32H23Cl2FN2O5/c1-2-39-29-13-19(6-12-27(29)40-17-20-3-7-21(33)14-26(20)34)30-24-11-10-23(15-28(24)42-31(37)25(30)16-36)41-32(38)18-4-8-22(35)9-5-18/h3-15,30H,2,17,37H2,1H3. The Labute approximate surface area is 251 Å². The van der Waals surface area contributed by atoms with E-state index in [0.29, 0.717) is 45.0 Å². The second-order valence-corrected chi connectivity index (χ2v) is 10.0. The summed E-state index contributed by atoms with van der Waals surface area (Å²) in [6.07, 6.45) is 0. The second kappa shape index (κ2) is 12.4. The summed E-state index contributed by atoms with van der Waals surface area (Å²) < 4.78 is 36.4. The van der Waals surface area contributed by atoms with Crippen LogP contribution in [-0.2, 0) is 6.61 Å². The Morgan fingerprint density at radius 2 is 1.79 bits per heavy atom. The van der Waals surface area contributed by atoms with Crippen molar-refractivity contribution in [3.05, 3.63) is 128 Å². The molecule has 4 aromatic rings. The van der Waals surface area contributed by atoms with Crippen LogP contribution in [-0.4, -0.2) is 12.6 Å². The van der Waals surface area contributed by atoms with Gasteiger partial charge in [0, 0.05) is 27.2 Å². The van der Waals surface area contributed by atoms with Gasteiger partial charge in [-0.1, -0.05) is 41.4 Å². The van der Waals surface area contributed by atoms with Crippen LogP contribution in [0.15, 0.2) is 90.3 Å². The van der Waals surface area contributed by atoms with Crippen molar-refractivity contribution in [3.8, 4) is 29.1 Å². The molecule has 4 aromatic carbocycles. The topological polar surface area (TPSA) is 104 Å². The fourth-order valence-electron chi connectivity index (χ4n) is 4.48. The molecule has 5 rings (SSSR count). The molecule has 1 heterocycles. The van der Waals surface area contributed by atoms with Crippen molar-refractivity contribution in [1.29, 1.82) is 5.26 Å². The maximum Gasteiger partial charge on any atom is 0.343 e. The minimum Gasteiger partial charge on any atom is -0.490 e. The van der Waals surface area contributed by atoms with Crippen LogP contribution >= 0.6 is 23.2 Å². The number of nitriles is 1. The minimum atomic E-state index is -0.666. The first-order valence-electron chi connectivity index (χ1n) is 12.8. The number of nitrogens with zero attached hydrogens (tertiary/aromatic N) is 1. The molecule has 1 atom stereocenters. The quantitative estimate of drug-likeness (QED) is 0.163. The minimum absolute atomic E-state index is 0.0762. The van der Waals surface area contributed by atoms with Gasteiger partial charge >= 0.3 is 5.97 Å². The number of halogens is 3. The predicted octanol–water partition coefficient (Wildman–Crippen LogP) is 7.55. The number of nitrogens with two attached hydrogens (primary N) is 1. The number of hydrogen-bond donors (Lipinski definition) is 1. The lowest BCUT2D eigenvalue weighted by molar-refractivity contribution is 0.0734. The highest BCUT2D eigenvalue weighted by molar-refractivity contribution is 6.35. The molecule has 0 radical (unpaired) electrons. The molecule has 0 saturated heterocycles. The predicted molar refractivity (Wildman–Crippen MR) is 156 cm³/mol. The van der Waals surface area contributed by atoms with Gasteiger partial charge in [0.25, 0.3) is 0 Å². The normalized spacial score (nSPS) is 13.9. The molecule has 1 aliphatic heterocycles. The number of hydrogen-bond acceptors (Lipinski definition) is 7. The summed E-state index contributed by atoms with van der Waals surface area (Å²) in [5.74, 6) is -0.349. The summed E-state index contributed by atoms with van der Waals surface area (Å²) in [6.45, 7) is 2.41. The van der Waals surface area contributed by atoms with Gasteiger partial charge in [0.15, 0.2) is 11.5 Å². The molecule has 2 N–H and O–H groups in total. The van der Waals surface area contributed by atoms with E-state index in [2.05, 4.69) is 6.07 Å². The number of carbonyl (C=O) groups is 1. The third-order valence-electron chi connectivity index (χ3n) is 6.48. The Morgan fingerprint density at radius 1 is 1.00 bits per heavy atom. The number of esters is 1. The van der Waals surface area contributed by atoms with Crippen molar-refractivity contribution in [2.75, 3.05) is 6.61 Å². The van der Waals surface area contributed by atoms with Gasteiger partial charge in [-0.2, -0.15) is 5.26 Å². The molecule has 0 spiro atoms. The van der Waals surface area contributed by atoms with Crippen molar-refractivity contribution in [1.82, 2.24) is 0 Å². The van der Waals surface area contributed by atoms with Gasteiger partial charge in [-0.3, -0.25) is 0 Å². The summed E-state index contributed by atoms with van der Waals surface area (Å²) >= 11 is 12.3. The van der Waals surface area contributed by atoms with Crippen molar-refractivity contribution in [2.45, 2.75) is 19.4 Å². The molecule has 10 heteroatoms. The first kappa shape index (κ1) is 28.8. The molecule has 0 fully saturated rings. The number of fused-ring (bicyclic) bond motifs is 1. The van der Waals surface area contributed by atoms with E-state index >= 15 is 0 Å². The lowest BCUT2D eigenvalue weighted by atomic mass is 9.83. The monoisotopic (exact) mass is 604 g/mol. The molecule has 0 aliphatic carbocycles. The van der Waals surface area contributed by atoms with Crippen LogP contribution in [0.25, 0.3) is 0 Å². The number of carbonyl (C=O) groups excluding carboxylic acids is 1. The summed E-state index contributed by atoms with van der Waals surface area (Å²) in [6, 6.07) is 22.5. The molecule has 0 saturated carbocycles. The van der Waals surface area contributed by atoms with Crippen molar-refractivity contribution in [2.24, 2.45) is 5.73 Å². The molecular formula is C32H23Cl2FN2O5. The zero-order valence-electron chi connectivity index (χ0n) is 22.2. The zero-order chi connectivity index (χ0) is 29.8. The van der Waals surface area contributed by atoms with E-state index in [1.54, 1.807) is 42.5 Å². The average Bonchev–Trinajstić information content (AvgIpc) is 2.97. The molecule has 0 bridgehead atoms. The van der Waals surface area contributed by atoms with Crippen LogP contribution in [0, 0.1) is 17.1 Å². The van der Waals surface area contributed by atoms with Crippen LogP contribution in [0.4, 0.5) is 4.39 Å². The van der Waals surface area contributed by atoms with E-state index in [4.69, 9.17) is 47.9 Å². The van der Waals surface area contributed by atoms with Gasteiger partial charge < -0.3 is 24.7 Å². The lowest BCUT2D eigenvalue weighted by Gasteiger charge is -2.27.